The van der Waals surface area contributed by atoms with Gasteiger partial charge in [-0.1, -0.05) is 6.92 Å². The van der Waals surface area contributed by atoms with Gasteiger partial charge >= 0.3 is 0 Å². The Hall–Kier alpha value is -0.0800. The van der Waals surface area contributed by atoms with Crippen molar-refractivity contribution in [2.24, 2.45) is 5.41 Å². The zero-order valence-electron chi connectivity index (χ0n) is 5.72. The molecular weight excluding hydrogens is 116 g/mol. The smallest absolute Gasteiger partial charge is 0.0910 e. The zero-order chi connectivity index (χ0) is 6.32. The summed E-state index contributed by atoms with van der Waals surface area (Å²) in [5.74, 6) is 0. The molecule has 2 rings (SSSR count). The van der Waals surface area contributed by atoms with Gasteiger partial charge in [-0.2, -0.15) is 0 Å². The van der Waals surface area contributed by atoms with Gasteiger partial charge in [0.1, 0.15) is 0 Å². The quantitative estimate of drug-likeness (QED) is 0.513. The van der Waals surface area contributed by atoms with E-state index in [4.69, 9.17) is 9.47 Å². The minimum atomic E-state index is 0.431. The van der Waals surface area contributed by atoms with Gasteiger partial charge in [-0.25, -0.2) is 0 Å². The predicted octanol–water partition coefficient (Wildman–Crippen LogP) is 0.812. The predicted molar refractivity (Wildman–Crippen MR) is 33.3 cm³/mol. The molecule has 0 aromatic rings. The second-order valence-corrected chi connectivity index (χ2v) is 3.03. The maximum atomic E-state index is 5.23. The van der Waals surface area contributed by atoms with E-state index < -0.39 is 0 Å². The SMILES string of the molecule is CCC1([C@@H]2CO2)COC1. The Kier molecular flexibility index (Phi) is 1.08. The minimum absolute atomic E-state index is 0.431. The molecule has 52 valence electrons. The lowest BCUT2D eigenvalue weighted by Gasteiger charge is -2.39. The Balaban J connectivity index is 1.99. The third kappa shape index (κ3) is 0.700. The second-order valence-electron chi connectivity index (χ2n) is 3.03. The van der Waals surface area contributed by atoms with Crippen molar-refractivity contribution in [3.8, 4) is 0 Å². The highest BCUT2D eigenvalue weighted by Gasteiger charge is 2.50. The molecule has 1 atom stereocenters. The normalized spacial score (nSPS) is 37.7. The molecule has 0 aromatic carbocycles. The van der Waals surface area contributed by atoms with Crippen LogP contribution in [0.2, 0.25) is 0 Å². The van der Waals surface area contributed by atoms with Crippen LogP contribution in [-0.4, -0.2) is 25.9 Å². The van der Waals surface area contributed by atoms with Crippen molar-refractivity contribution in [3.05, 3.63) is 0 Å². The standard InChI is InChI=1S/C7H12O2/c1-2-7(4-8-5-7)6-3-9-6/h6H,2-5H2,1H3/t6-/m0/s1. The van der Waals surface area contributed by atoms with E-state index in [9.17, 15) is 0 Å². The first-order chi connectivity index (χ1) is 4.37. The molecule has 2 heteroatoms. The zero-order valence-corrected chi connectivity index (χ0v) is 5.72. The van der Waals surface area contributed by atoms with Gasteiger partial charge in [0.2, 0.25) is 0 Å². The molecule has 0 spiro atoms. The average molecular weight is 128 g/mol. The van der Waals surface area contributed by atoms with Gasteiger partial charge in [0, 0.05) is 5.41 Å². The Morgan fingerprint density at radius 1 is 1.56 bits per heavy atom. The molecule has 2 aliphatic rings. The highest BCUT2D eigenvalue weighted by atomic mass is 16.6. The molecule has 0 aliphatic carbocycles. The number of hydrogen-bond donors (Lipinski definition) is 0. The molecule has 2 heterocycles. The summed E-state index contributed by atoms with van der Waals surface area (Å²) in [4.78, 5) is 0. The van der Waals surface area contributed by atoms with Crippen LogP contribution >= 0.6 is 0 Å². The first-order valence-corrected chi connectivity index (χ1v) is 3.57. The van der Waals surface area contributed by atoms with E-state index in [2.05, 4.69) is 6.92 Å². The lowest BCUT2D eigenvalue weighted by molar-refractivity contribution is -0.127. The summed E-state index contributed by atoms with van der Waals surface area (Å²) in [5.41, 5.74) is 0.431. The van der Waals surface area contributed by atoms with Gasteiger partial charge in [0.05, 0.1) is 25.9 Å². The molecular formula is C7H12O2. The fourth-order valence-electron chi connectivity index (χ4n) is 1.38. The average Bonchev–Trinajstić information content (AvgIpc) is 2.47. The fraction of sp³-hybridized carbons (Fsp3) is 1.00. The number of ether oxygens (including phenoxy) is 2. The second kappa shape index (κ2) is 1.70. The Morgan fingerprint density at radius 3 is 2.33 bits per heavy atom. The summed E-state index contributed by atoms with van der Waals surface area (Å²) in [6.07, 6.45) is 1.74. The van der Waals surface area contributed by atoms with E-state index in [1.807, 2.05) is 0 Å². The van der Waals surface area contributed by atoms with E-state index in [0.717, 1.165) is 19.8 Å². The third-order valence-corrected chi connectivity index (χ3v) is 2.50. The minimum Gasteiger partial charge on any atom is -0.380 e. The highest BCUT2D eigenvalue weighted by Crippen LogP contribution is 2.42. The van der Waals surface area contributed by atoms with Crippen LogP contribution in [0.15, 0.2) is 0 Å². The van der Waals surface area contributed by atoms with E-state index in [1.54, 1.807) is 0 Å². The third-order valence-electron chi connectivity index (χ3n) is 2.50. The topological polar surface area (TPSA) is 21.8 Å². The summed E-state index contributed by atoms with van der Waals surface area (Å²) in [6.45, 7) is 5.03. The van der Waals surface area contributed by atoms with Gasteiger partial charge in [0.15, 0.2) is 0 Å². The Bertz CT molecular complexity index is 109. The van der Waals surface area contributed by atoms with Crippen LogP contribution in [0, 0.1) is 5.41 Å². The largest absolute Gasteiger partial charge is 0.380 e. The lowest BCUT2D eigenvalue weighted by Crippen LogP contribution is -2.46. The first kappa shape index (κ1) is 5.69. The van der Waals surface area contributed by atoms with Crippen molar-refractivity contribution in [1.29, 1.82) is 0 Å². The number of rotatable bonds is 2. The summed E-state index contributed by atoms with van der Waals surface area (Å²) in [7, 11) is 0. The van der Waals surface area contributed by atoms with E-state index >= 15 is 0 Å². The van der Waals surface area contributed by atoms with Crippen LogP contribution in [0.25, 0.3) is 0 Å². The van der Waals surface area contributed by atoms with Gasteiger partial charge in [0.25, 0.3) is 0 Å². The summed E-state index contributed by atoms with van der Waals surface area (Å²) >= 11 is 0. The maximum absolute atomic E-state index is 5.23. The molecule has 9 heavy (non-hydrogen) atoms. The van der Waals surface area contributed by atoms with Gasteiger partial charge < -0.3 is 9.47 Å². The maximum Gasteiger partial charge on any atom is 0.0910 e. The van der Waals surface area contributed by atoms with Crippen LogP contribution in [0.5, 0.6) is 0 Å². The van der Waals surface area contributed by atoms with Crippen LogP contribution in [0.1, 0.15) is 13.3 Å². The van der Waals surface area contributed by atoms with Crippen LogP contribution < -0.4 is 0 Å². The summed E-state index contributed by atoms with van der Waals surface area (Å²) in [5, 5.41) is 0. The van der Waals surface area contributed by atoms with Gasteiger partial charge in [-0.3, -0.25) is 0 Å². The van der Waals surface area contributed by atoms with Gasteiger partial charge in [-0.05, 0) is 6.42 Å². The molecule has 0 N–H and O–H groups in total. The molecule has 2 aliphatic heterocycles. The van der Waals surface area contributed by atoms with Crippen LogP contribution in [0.3, 0.4) is 0 Å². The molecule has 2 saturated heterocycles. The van der Waals surface area contributed by atoms with E-state index in [-0.39, 0.29) is 0 Å². The van der Waals surface area contributed by atoms with Crippen molar-refractivity contribution in [2.75, 3.05) is 19.8 Å². The molecule has 0 saturated carbocycles. The molecule has 2 nitrogen and oxygen atoms in total. The molecule has 0 amide bonds. The molecule has 0 bridgehead atoms. The molecule has 0 aromatic heterocycles. The Labute approximate surface area is 55.1 Å². The van der Waals surface area contributed by atoms with Crippen molar-refractivity contribution >= 4 is 0 Å². The number of epoxide rings is 1. The monoisotopic (exact) mass is 128 g/mol. The van der Waals surface area contributed by atoms with Crippen molar-refractivity contribution < 1.29 is 9.47 Å². The Morgan fingerprint density at radius 2 is 2.22 bits per heavy atom. The number of hydrogen-bond acceptors (Lipinski definition) is 2. The highest BCUT2D eigenvalue weighted by molar-refractivity contribution is 4.97. The van der Waals surface area contributed by atoms with Crippen molar-refractivity contribution in [3.63, 3.8) is 0 Å². The summed E-state index contributed by atoms with van der Waals surface area (Å²) in [6, 6.07) is 0. The van der Waals surface area contributed by atoms with E-state index in [1.165, 1.54) is 6.42 Å². The van der Waals surface area contributed by atoms with Crippen LogP contribution in [0.4, 0.5) is 0 Å². The van der Waals surface area contributed by atoms with Crippen molar-refractivity contribution in [2.45, 2.75) is 19.4 Å². The van der Waals surface area contributed by atoms with Gasteiger partial charge in [-0.15, -0.1) is 0 Å². The van der Waals surface area contributed by atoms with Crippen LogP contribution in [-0.2, 0) is 9.47 Å². The first-order valence-electron chi connectivity index (χ1n) is 3.57. The van der Waals surface area contributed by atoms with Crippen molar-refractivity contribution in [1.82, 2.24) is 0 Å². The molecule has 0 unspecified atom stereocenters. The lowest BCUT2D eigenvalue weighted by atomic mass is 9.80. The fourth-order valence-corrected chi connectivity index (χ4v) is 1.38. The summed E-state index contributed by atoms with van der Waals surface area (Å²) < 4.78 is 10.4. The van der Waals surface area contributed by atoms with E-state index in [0.29, 0.717) is 11.5 Å². The molecule has 0 radical (unpaired) electrons. The molecule has 2 fully saturated rings.